The van der Waals surface area contributed by atoms with E-state index in [1.807, 2.05) is 24.0 Å². The number of fused-ring (bicyclic) bond motifs is 1. The molecule has 3 N–H and O–H groups in total. The maximum absolute atomic E-state index is 6.02. The number of hydrogen-bond acceptors (Lipinski definition) is 8. The van der Waals surface area contributed by atoms with Crippen molar-refractivity contribution in [1.82, 2.24) is 34.1 Å². The van der Waals surface area contributed by atoms with E-state index in [1.54, 1.807) is 7.11 Å². The number of anilines is 2. The second-order valence-corrected chi connectivity index (χ2v) is 10.7. The minimum absolute atomic E-state index is 0.287. The molecule has 1 saturated heterocycles. The van der Waals surface area contributed by atoms with Gasteiger partial charge in [-0.2, -0.15) is 10.1 Å². The van der Waals surface area contributed by atoms with Crippen LogP contribution in [0.5, 0.6) is 5.75 Å². The number of piperazine rings is 1. The van der Waals surface area contributed by atoms with Crippen LogP contribution in [0, 0.1) is 0 Å². The van der Waals surface area contributed by atoms with E-state index in [9.17, 15) is 0 Å². The predicted octanol–water partition coefficient (Wildman–Crippen LogP) is 4.28. The standard InChI is InChI=1S/C30H43N9O/c1-5-7-8-12-32-29-28-25(34-30(31)35-29)11-13-39(28)20-23-10-9-22(16-27(23)40-4)18-38-15-14-37(6-2)21-26(38)24-17-33-36(3)19-24/h9-11,13,16-17,19,26H,5-8,12,14-15,18,20-21H2,1-4H3,(H3,31,32,34,35). The van der Waals surface area contributed by atoms with Gasteiger partial charge < -0.3 is 25.3 Å². The van der Waals surface area contributed by atoms with E-state index in [4.69, 9.17) is 10.5 Å². The summed E-state index contributed by atoms with van der Waals surface area (Å²) >= 11 is 0. The average Bonchev–Trinajstić information content (AvgIpc) is 3.57. The molecule has 4 aromatic rings. The van der Waals surface area contributed by atoms with E-state index < -0.39 is 0 Å². The molecule has 3 aromatic heterocycles. The molecule has 10 nitrogen and oxygen atoms in total. The number of nitrogens with one attached hydrogen (secondary N) is 1. The highest BCUT2D eigenvalue weighted by Gasteiger charge is 2.28. The molecule has 1 aliphatic rings. The highest BCUT2D eigenvalue weighted by Crippen LogP contribution is 2.30. The Bertz CT molecular complexity index is 1410. The van der Waals surface area contributed by atoms with Gasteiger partial charge in [-0.1, -0.05) is 38.8 Å². The van der Waals surface area contributed by atoms with E-state index >= 15 is 0 Å². The van der Waals surface area contributed by atoms with Crippen molar-refractivity contribution < 1.29 is 4.74 Å². The van der Waals surface area contributed by atoms with Crippen LogP contribution in [0.25, 0.3) is 11.0 Å². The molecule has 1 fully saturated rings. The monoisotopic (exact) mass is 545 g/mol. The number of nitrogen functional groups attached to an aromatic ring is 1. The lowest BCUT2D eigenvalue weighted by molar-refractivity contribution is 0.0711. The van der Waals surface area contributed by atoms with Crippen LogP contribution in [0.4, 0.5) is 11.8 Å². The lowest BCUT2D eigenvalue weighted by atomic mass is 10.0. The summed E-state index contributed by atoms with van der Waals surface area (Å²) < 4.78 is 9.98. The number of aryl methyl sites for hydroxylation is 1. The zero-order valence-electron chi connectivity index (χ0n) is 24.3. The quantitative estimate of drug-likeness (QED) is 0.254. The molecule has 0 amide bonds. The van der Waals surface area contributed by atoms with Crippen LogP contribution < -0.4 is 15.8 Å². The molecular formula is C30H43N9O. The largest absolute Gasteiger partial charge is 0.496 e. The van der Waals surface area contributed by atoms with Crippen molar-refractivity contribution in [2.45, 2.75) is 52.2 Å². The van der Waals surface area contributed by atoms with Crippen molar-refractivity contribution in [2.75, 3.05) is 50.9 Å². The van der Waals surface area contributed by atoms with Gasteiger partial charge in [0, 0.05) is 63.3 Å². The number of methoxy groups -OCH3 is 1. The number of unbranched alkanes of at least 4 members (excludes halogenated alkanes) is 2. The summed E-state index contributed by atoms with van der Waals surface area (Å²) in [5.41, 5.74) is 11.4. The topological polar surface area (TPSA) is 102 Å². The summed E-state index contributed by atoms with van der Waals surface area (Å²) in [6.07, 6.45) is 9.65. The van der Waals surface area contributed by atoms with Crippen LogP contribution in [0.3, 0.4) is 0 Å². The number of benzene rings is 1. The second-order valence-electron chi connectivity index (χ2n) is 10.7. The summed E-state index contributed by atoms with van der Waals surface area (Å²) in [4.78, 5) is 14.1. The number of hydrogen-bond donors (Lipinski definition) is 2. The predicted molar refractivity (Wildman–Crippen MR) is 161 cm³/mol. The molecule has 0 aliphatic carbocycles. The number of nitrogens with zero attached hydrogens (tertiary/aromatic N) is 7. The highest BCUT2D eigenvalue weighted by atomic mass is 16.5. The van der Waals surface area contributed by atoms with Crippen molar-refractivity contribution in [3.05, 3.63) is 59.5 Å². The van der Waals surface area contributed by atoms with Crippen LogP contribution in [0.15, 0.2) is 42.9 Å². The third-order valence-corrected chi connectivity index (χ3v) is 7.91. The maximum Gasteiger partial charge on any atom is 0.222 e. The van der Waals surface area contributed by atoms with Crippen LogP contribution in [0.2, 0.25) is 0 Å². The third-order valence-electron chi connectivity index (χ3n) is 7.91. The van der Waals surface area contributed by atoms with E-state index in [1.165, 1.54) is 24.0 Å². The summed E-state index contributed by atoms with van der Waals surface area (Å²) in [5, 5.41) is 7.93. The smallest absolute Gasteiger partial charge is 0.222 e. The molecule has 1 aliphatic heterocycles. The zero-order valence-corrected chi connectivity index (χ0v) is 24.3. The zero-order chi connectivity index (χ0) is 28.1. The Kier molecular flexibility index (Phi) is 8.86. The first-order valence-corrected chi connectivity index (χ1v) is 14.5. The Morgan fingerprint density at radius 2 is 1.98 bits per heavy atom. The first kappa shape index (κ1) is 27.9. The molecule has 0 saturated carbocycles. The van der Waals surface area contributed by atoms with Crippen molar-refractivity contribution in [3.8, 4) is 5.75 Å². The van der Waals surface area contributed by atoms with Gasteiger partial charge in [-0.3, -0.25) is 9.58 Å². The van der Waals surface area contributed by atoms with E-state index in [2.05, 4.69) is 79.2 Å². The third kappa shape index (κ3) is 6.23. The molecule has 4 heterocycles. The molecule has 0 bridgehead atoms. The Morgan fingerprint density at radius 3 is 2.73 bits per heavy atom. The maximum atomic E-state index is 6.02. The van der Waals surface area contributed by atoms with Gasteiger partial charge in [0.2, 0.25) is 5.95 Å². The summed E-state index contributed by atoms with van der Waals surface area (Å²) in [6.45, 7) is 11.0. The Labute approximate surface area is 237 Å². The molecule has 10 heteroatoms. The minimum atomic E-state index is 0.287. The van der Waals surface area contributed by atoms with Gasteiger partial charge in [-0.15, -0.1) is 0 Å². The number of likely N-dealkylation sites (N-methyl/N-ethyl adjacent to an activating group) is 1. The first-order valence-electron chi connectivity index (χ1n) is 14.5. The van der Waals surface area contributed by atoms with Gasteiger partial charge in [0.1, 0.15) is 11.3 Å². The number of rotatable bonds is 12. The summed E-state index contributed by atoms with van der Waals surface area (Å²) in [7, 11) is 3.73. The number of nitrogens with two attached hydrogens (primary N) is 1. The minimum Gasteiger partial charge on any atom is -0.496 e. The molecule has 5 rings (SSSR count). The Morgan fingerprint density at radius 1 is 1.10 bits per heavy atom. The lowest BCUT2D eigenvalue weighted by Crippen LogP contribution is -2.47. The van der Waals surface area contributed by atoms with Crippen molar-refractivity contribution in [1.29, 1.82) is 0 Å². The molecule has 0 spiro atoms. The molecule has 1 unspecified atom stereocenters. The fourth-order valence-electron chi connectivity index (χ4n) is 5.68. The molecule has 214 valence electrons. The summed E-state index contributed by atoms with van der Waals surface area (Å²) in [6, 6.07) is 8.92. The van der Waals surface area contributed by atoms with Gasteiger partial charge in [0.25, 0.3) is 0 Å². The van der Waals surface area contributed by atoms with Crippen molar-refractivity contribution >= 4 is 22.8 Å². The van der Waals surface area contributed by atoms with Gasteiger partial charge in [-0.05, 0) is 30.7 Å². The number of aromatic nitrogens is 5. The highest BCUT2D eigenvalue weighted by molar-refractivity contribution is 5.87. The van der Waals surface area contributed by atoms with E-state index in [0.29, 0.717) is 12.6 Å². The Hall–Kier alpha value is -3.63. The van der Waals surface area contributed by atoms with E-state index in [0.717, 1.165) is 73.9 Å². The average molecular weight is 546 g/mol. The second kappa shape index (κ2) is 12.7. The van der Waals surface area contributed by atoms with Crippen LogP contribution in [-0.2, 0) is 20.1 Å². The first-order chi connectivity index (χ1) is 19.5. The fraction of sp³-hybridized carbons (Fsp3) is 0.500. The van der Waals surface area contributed by atoms with Crippen molar-refractivity contribution in [2.24, 2.45) is 7.05 Å². The van der Waals surface area contributed by atoms with Crippen LogP contribution in [0.1, 0.15) is 55.8 Å². The van der Waals surface area contributed by atoms with Gasteiger partial charge in [0.05, 0.1) is 31.4 Å². The normalized spacial score (nSPS) is 16.6. The summed E-state index contributed by atoms with van der Waals surface area (Å²) in [5.74, 6) is 1.96. The fourth-order valence-corrected chi connectivity index (χ4v) is 5.68. The van der Waals surface area contributed by atoms with Crippen molar-refractivity contribution in [3.63, 3.8) is 0 Å². The van der Waals surface area contributed by atoms with Gasteiger partial charge in [-0.25, -0.2) is 4.98 Å². The SMILES string of the molecule is CCCCCNc1nc(N)nc2ccn(Cc3ccc(CN4CCN(CC)CC4c4cnn(C)c4)cc3OC)c12. The van der Waals surface area contributed by atoms with Gasteiger partial charge >= 0.3 is 0 Å². The Balaban J connectivity index is 1.36. The molecular weight excluding hydrogens is 502 g/mol. The molecule has 1 aromatic carbocycles. The molecule has 0 radical (unpaired) electrons. The van der Waals surface area contributed by atoms with Crippen LogP contribution in [-0.4, -0.2) is 73.9 Å². The molecule has 40 heavy (non-hydrogen) atoms. The lowest BCUT2D eigenvalue weighted by Gasteiger charge is -2.41. The molecule has 1 atom stereocenters. The number of ether oxygens (including phenoxy) is 1. The van der Waals surface area contributed by atoms with E-state index in [-0.39, 0.29) is 5.95 Å². The van der Waals surface area contributed by atoms with Gasteiger partial charge in [0.15, 0.2) is 5.82 Å². The van der Waals surface area contributed by atoms with Crippen LogP contribution >= 0.6 is 0 Å².